The zero-order chi connectivity index (χ0) is 13.2. The van der Waals surface area contributed by atoms with Gasteiger partial charge in [-0.3, -0.25) is 0 Å². The second kappa shape index (κ2) is 5.09. The van der Waals surface area contributed by atoms with Gasteiger partial charge in [0.2, 0.25) is 0 Å². The number of phenols is 1. The Morgan fingerprint density at radius 3 is 2.79 bits per heavy atom. The quantitative estimate of drug-likeness (QED) is 0.915. The highest BCUT2D eigenvalue weighted by Gasteiger charge is 2.18. The summed E-state index contributed by atoms with van der Waals surface area (Å²) in [5, 5.41) is 14.0. The number of aromatic hydroxyl groups is 1. The molecular weight excluding hydrogens is 266 g/mol. The van der Waals surface area contributed by atoms with Gasteiger partial charge >= 0.3 is 0 Å². The molecule has 1 N–H and O–H groups in total. The van der Waals surface area contributed by atoms with Crippen LogP contribution in [0.4, 0.5) is 5.95 Å². The molecule has 0 unspecified atom stereocenters. The molecule has 1 fully saturated rings. The summed E-state index contributed by atoms with van der Waals surface area (Å²) < 4.78 is 5.24. The fraction of sp³-hybridized carbons (Fsp3) is 0.385. The van der Waals surface area contributed by atoms with Crippen LogP contribution in [0.5, 0.6) is 5.75 Å². The molecule has 19 heavy (non-hydrogen) atoms. The first-order chi connectivity index (χ1) is 9.24. The highest BCUT2D eigenvalue weighted by molar-refractivity contribution is 6.33. The van der Waals surface area contributed by atoms with E-state index in [0.717, 1.165) is 25.9 Å². The average molecular weight is 280 g/mol. The lowest BCUT2D eigenvalue weighted by Gasteiger charge is -2.24. The third-order valence-corrected chi connectivity index (χ3v) is 3.56. The van der Waals surface area contributed by atoms with E-state index in [4.69, 9.17) is 16.1 Å². The summed E-state index contributed by atoms with van der Waals surface area (Å²) in [6.45, 7) is 1.90. The highest BCUT2D eigenvalue weighted by Crippen LogP contribution is 2.31. The van der Waals surface area contributed by atoms with Gasteiger partial charge in [-0.25, -0.2) is 0 Å². The van der Waals surface area contributed by atoms with Gasteiger partial charge in [0.15, 0.2) is 0 Å². The summed E-state index contributed by atoms with van der Waals surface area (Å²) >= 11 is 6.07. The molecule has 0 amide bonds. The van der Waals surface area contributed by atoms with Crippen molar-refractivity contribution in [3.63, 3.8) is 0 Å². The largest absolute Gasteiger partial charge is 0.508 e. The Labute approximate surface area is 115 Å². The normalized spacial score (nSPS) is 15.7. The number of nitrogens with zero attached hydrogens (tertiary/aromatic N) is 3. The van der Waals surface area contributed by atoms with Gasteiger partial charge in [0.25, 0.3) is 11.8 Å². The molecule has 1 aliphatic rings. The smallest absolute Gasteiger partial charge is 0.266 e. The van der Waals surface area contributed by atoms with Crippen LogP contribution in [0.2, 0.25) is 5.02 Å². The monoisotopic (exact) mass is 279 g/mol. The molecule has 2 heterocycles. The Hall–Kier alpha value is -1.75. The number of halogens is 1. The molecule has 3 rings (SSSR count). The van der Waals surface area contributed by atoms with Crippen molar-refractivity contribution in [2.24, 2.45) is 0 Å². The van der Waals surface area contributed by atoms with E-state index in [9.17, 15) is 5.11 Å². The molecule has 0 spiro atoms. The maximum atomic E-state index is 9.50. The fourth-order valence-corrected chi connectivity index (χ4v) is 2.42. The molecule has 2 aromatic rings. The lowest BCUT2D eigenvalue weighted by atomic mass is 10.1. The molecule has 0 atom stereocenters. The van der Waals surface area contributed by atoms with Crippen molar-refractivity contribution in [3.8, 4) is 17.2 Å². The van der Waals surface area contributed by atoms with Crippen LogP contribution in [-0.4, -0.2) is 28.3 Å². The Bertz CT molecular complexity index is 579. The molecule has 0 radical (unpaired) electrons. The number of aromatic nitrogens is 2. The molecule has 5 nitrogen and oxygen atoms in total. The van der Waals surface area contributed by atoms with Crippen molar-refractivity contribution in [1.29, 1.82) is 0 Å². The first-order valence-corrected chi connectivity index (χ1v) is 6.69. The third-order valence-electron chi connectivity index (χ3n) is 3.23. The molecule has 0 saturated carbocycles. The summed E-state index contributed by atoms with van der Waals surface area (Å²) in [5.74, 6) is 1.05. The standard InChI is InChI=1S/C13H14ClN3O2/c14-11-5-4-9(18)8-10(11)12-15-13(16-19-12)17-6-2-1-3-7-17/h4-5,8,18H,1-3,6-7H2. The summed E-state index contributed by atoms with van der Waals surface area (Å²) in [7, 11) is 0. The molecule has 1 aliphatic heterocycles. The van der Waals surface area contributed by atoms with E-state index in [0.29, 0.717) is 22.4 Å². The molecule has 1 aromatic carbocycles. The van der Waals surface area contributed by atoms with Gasteiger partial charge in [0, 0.05) is 13.1 Å². The van der Waals surface area contributed by atoms with Crippen molar-refractivity contribution in [3.05, 3.63) is 23.2 Å². The van der Waals surface area contributed by atoms with Gasteiger partial charge in [-0.2, -0.15) is 4.98 Å². The second-order valence-electron chi connectivity index (χ2n) is 4.61. The van der Waals surface area contributed by atoms with Crippen LogP contribution in [0.15, 0.2) is 22.7 Å². The van der Waals surface area contributed by atoms with E-state index in [1.165, 1.54) is 18.6 Å². The topological polar surface area (TPSA) is 62.4 Å². The van der Waals surface area contributed by atoms with Crippen LogP contribution in [0, 0.1) is 0 Å². The highest BCUT2D eigenvalue weighted by atomic mass is 35.5. The van der Waals surface area contributed by atoms with Crippen molar-refractivity contribution in [2.45, 2.75) is 19.3 Å². The number of piperidine rings is 1. The fourth-order valence-electron chi connectivity index (χ4n) is 2.22. The summed E-state index contributed by atoms with van der Waals surface area (Å²) in [6.07, 6.45) is 3.55. The zero-order valence-electron chi connectivity index (χ0n) is 10.3. The Kier molecular flexibility index (Phi) is 3.29. The lowest BCUT2D eigenvalue weighted by Crippen LogP contribution is -2.30. The van der Waals surface area contributed by atoms with Gasteiger partial charge in [-0.05, 0) is 42.6 Å². The molecule has 1 aromatic heterocycles. The number of anilines is 1. The summed E-state index contributed by atoms with van der Waals surface area (Å²) in [5.41, 5.74) is 0.553. The van der Waals surface area contributed by atoms with Gasteiger partial charge in [0.1, 0.15) is 5.75 Å². The first-order valence-electron chi connectivity index (χ1n) is 6.31. The van der Waals surface area contributed by atoms with Gasteiger partial charge < -0.3 is 14.5 Å². The van der Waals surface area contributed by atoms with Crippen LogP contribution in [-0.2, 0) is 0 Å². The number of hydrogen-bond acceptors (Lipinski definition) is 5. The minimum atomic E-state index is 0.122. The maximum absolute atomic E-state index is 9.50. The van der Waals surface area contributed by atoms with E-state index in [1.54, 1.807) is 6.07 Å². The van der Waals surface area contributed by atoms with E-state index in [1.807, 2.05) is 0 Å². The van der Waals surface area contributed by atoms with Crippen LogP contribution in [0.1, 0.15) is 19.3 Å². The molecule has 0 aliphatic carbocycles. The molecule has 0 bridgehead atoms. The minimum absolute atomic E-state index is 0.122. The number of rotatable bonds is 2. The first kappa shape index (κ1) is 12.3. The number of hydrogen-bond donors (Lipinski definition) is 1. The maximum Gasteiger partial charge on any atom is 0.266 e. The van der Waals surface area contributed by atoms with Crippen molar-refractivity contribution in [2.75, 3.05) is 18.0 Å². The Morgan fingerprint density at radius 1 is 1.21 bits per heavy atom. The molecular formula is C13H14ClN3O2. The Morgan fingerprint density at radius 2 is 2.00 bits per heavy atom. The van der Waals surface area contributed by atoms with Gasteiger partial charge in [-0.15, -0.1) is 0 Å². The van der Waals surface area contributed by atoms with E-state index < -0.39 is 0 Å². The van der Waals surface area contributed by atoms with Gasteiger partial charge in [0.05, 0.1) is 10.6 Å². The third kappa shape index (κ3) is 2.51. The number of benzene rings is 1. The van der Waals surface area contributed by atoms with Gasteiger partial charge in [-0.1, -0.05) is 11.6 Å². The zero-order valence-corrected chi connectivity index (χ0v) is 11.1. The van der Waals surface area contributed by atoms with E-state index >= 15 is 0 Å². The predicted octanol–water partition coefficient (Wildman–Crippen LogP) is 3.09. The lowest BCUT2D eigenvalue weighted by molar-refractivity contribution is 0.425. The van der Waals surface area contributed by atoms with Crippen LogP contribution in [0.25, 0.3) is 11.5 Å². The average Bonchev–Trinajstić information content (AvgIpc) is 2.92. The van der Waals surface area contributed by atoms with Crippen molar-refractivity contribution in [1.82, 2.24) is 10.1 Å². The van der Waals surface area contributed by atoms with Crippen molar-refractivity contribution >= 4 is 17.5 Å². The summed E-state index contributed by atoms with van der Waals surface area (Å²) in [6, 6.07) is 4.65. The van der Waals surface area contributed by atoms with Crippen LogP contribution in [0.3, 0.4) is 0 Å². The summed E-state index contributed by atoms with van der Waals surface area (Å²) in [4.78, 5) is 6.46. The predicted molar refractivity (Wildman–Crippen MR) is 72.5 cm³/mol. The molecule has 100 valence electrons. The van der Waals surface area contributed by atoms with E-state index in [-0.39, 0.29) is 5.75 Å². The molecule has 6 heteroatoms. The van der Waals surface area contributed by atoms with Crippen LogP contribution < -0.4 is 4.90 Å². The Balaban J connectivity index is 1.89. The SMILES string of the molecule is Oc1ccc(Cl)c(-c2nc(N3CCCCC3)no2)c1. The molecule has 1 saturated heterocycles. The minimum Gasteiger partial charge on any atom is -0.508 e. The number of phenolic OH excluding ortho intramolecular Hbond substituents is 1. The van der Waals surface area contributed by atoms with Crippen molar-refractivity contribution < 1.29 is 9.63 Å². The van der Waals surface area contributed by atoms with E-state index in [2.05, 4.69) is 15.0 Å². The second-order valence-corrected chi connectivity index (χ2v) is 5.02. The van der Waals surface area contributed by atoms with Crippen LogP contribution >= 0.6 is 11.6 Å².